The summed E-state index contributed by atoms with van der Waals surface area (Å²) in [6, 6.07) is 7.16. The summed E-state index contributed by atoms with van der Waals surface area (Å²) in [5.41, 5.74) is 1.16. The molecule has 0 aliphatic carbocycles. The highest BCUT2D eigenvalue weighted by Gasteiger charge is 2.18. The van der Waals surface area contributed by atoms with E-state index in [-0.39, 0.29) is 0 Å². The number of methoxy groups -OCH3 is 2. The zero-order valence-corrected chi connectivity index (χ0v) is 13.0. The van der Waals surface area contributed by atoms with E-state index in [9.17, 15) is 0 Å². The maximum atomic E-state index is 5.53. The smallest absolute Gasteiger partial charge is 0.145 e. The molecule has 0 bridgehead atoms. The molecule has 2 rings (SSSR count). The lowest BCUT2D eigenvalue weighted by Gasteiger charge is -2.33. The lowest BCUT2D eigenvalue weighted by Crippen LogP contribution is -2.43. The van der Waals surface area contributed by atoms with Crippen LogP contribution in [0.15, 0.2) is 18.2 Å². The fraction of sp³-hybridized carbons (Fsp3) is 0.625. The zero-order chi connectivity index (χ0) is 14.5. The Morgan fingerprint density at radius 2 is 1.70 bits per heavy atom. The summed E-state index contributed by atoms with van der Waals surface area (Å²) in [5.74, 6) is 1.72. The molecule has 1 fully saturated rings. The second-order valence-electron chi connectivity index (χ2n) is 5.57. The summed E-state index contributed by atoms with van der Waals surface area (Å²) in [7, 11) is 3.40. The van der Waals surface area contributed by atoms with Crippen LogP contribution in [-0.4, -0.2) is 39.4 Å². The van der Waals surface area contributed by atoms with Gasteiger partial charge in [0.2, 0.25) is 0 Å². The van der Waals surface area contributed by atoms with Gasteiger partial charge in [0, 0.05) is 31.2 Å². The van der Waals surface area contributed by atoms with E-state index in [4.69, 9.17) is 9.47 Å². The lowest BCUT2D eigenvalue weighted by molar-refractivity contribution is 0.386. The molecule has 4 heteroatoms. The molecule has 112 valence electrons. The Labute approximate surface area is 122 Å². The normalized spacial score (nSPS) is 23.9. The Hall–Kier alpha value is -1.42. The monoisotopic (exact) mass is 278 g/mol. The van der Waals surface area contributed by atoms with Gasteiger partial charge in [-0.25, -0.2) is 0 Å². The predicted molar refractivity (Wildman–Crippen MR) is 83.1 cm³/mol. The van der Waals surface area contributed by atoms with Crippen LogP contribution < -0.4 is 19.7 Å². The van der Waals surface area contributed by atoms with E-state index < -0.39 is 0 Å². The Morgan fingerprint density at radius 1 is 1.05 bits per heavy atom. The van der Waals surface area contributed by atoms with Gasteiger partial charge in [-0.1, -0.05) is 0 Å². The average Bonchev–Trinajstić information content (AvgIpc) is 2.45. The molecule has 0 radical (unpaired) electrons. The van der Waals surface area contributed by atoms with Gasteiger partial charge in [0.1, 0.15) is 11.5 Å². The molecule has 0 aromatic heterocycles. The molecule has 1 aromatic carbocycles. The minimum Gasteiger partial charge on any atom is -0.497 e. The Morgan fingerprint density at radius 3 is 2.25 bits per heavy atom. The number of ether oxygens (including phenoxy) is 2. The number of hydrogen-bond donors (Lipinski definition) is 1. The molecule has 1 aliphatic rings. The molecule has 1 aliphatic heterocycles. The third-order valence-electron chi connectivity index (χ3n) is 3.96. The SMILES string of the molecule is COc1ccc(N2CCC(C)NC(C)CC2)c(OC)c1. The van der Waals surface area contributed by atoms with Crippen molar-refractivity contribution in [2.45, 2.75) is 38.8 Å². The standard InChI is InChI=1S/C16H26N2O2/c1-12-7-9-18(10-8-13(2)17-12)15-6-5-14(19-3)11-16(15)20-4/h5-6,11-13,17H,7-10H2,1-4H3. The lowest BCUT2D eigenvalue weighted by atomic mass is 10.1. The highest BCUT2D eigenvalue weighted by atomic mass is 16.5. The molecule has 2 atom stereocenters. The first-order chi connectivity index (χ1) is 9.63. The largest absolute Gasteiger partial charge is 0.497 e. The Kier molecular flexibility index (Phi) is 5.12. The van der Waals surface area contributed by atoms with E-state index >= 15 is 0 Å². The van der Waals surface area contributed by atoms with Crippen LogP contribution in [0.5, 0.6) is 11.5 Å². The number of rotatable bonds is 3. The van der Waals surface area contributed by atoms with Gasteiger partial charge in [0.15, 0.2) is 0 Å². The van der Waals surface area contributed by atoms with Gasteiger partial charge in [-0.05, 0) is 38.8 Å². The molecule has 1 aromatic rings. The molecule has 0 saturated carbocycles. The fourth-order valence-electron chi connectivity index (χ4n) is 2.75. The molecule has 4 nitrogen and oxygen atoms in total. The number of anilines is 1. The number of benzene rings is 1. The summed E-state index contributed by atoms with van der Waals surface area (Å²) in [4.78, 5) is 2.42. The van der Waals surface area contributed by atoms with Gasteiger partial charge in [-0.3, -0.25) is 0 Å². The maximum Gasteiger partial charge on any atom is 0.145 e. The zero-order valence-electron chi connectivity index (χ0n) is 13.0. The van der Waals surface area contributed by atoms with E-state index in [1.54, 1.807) is 14.2 Å². The van der Waals surface area contributed by atoms with Gasteiger partial charge in [0.05, 0.1) is 19.9 Å². The van der Waals surface area contributed by atoms with Crippen molar-refractivity contribution in [1.82, 2.24) is 5.32 Å². The molecule has 2 unspecified atom stereocenters. The van der Waals surface area contributed by atoms with Crippen molar-refractivity contribution in [3.63, 3.8) is 0 Å². The van der Waals surface area contributed by atoms with Crippen molar-refractivity contribution in [3.05, 3.63) is 18.2 Å². The summed E-state index contributed by atoms with van der Waals surface area (Å²) < 4.78 is 10.8. The van der Waals surface area contributed by atoms with Crippen LogP contribution >= 0.6 is 0 Å². The van der Waals surface area contributed by atoms with Crippen molar-refractivity contribution >= 4 is 5.69 Å². The number of nitrogens with one attached hydrogen (secondary N) is 1. The van der Waals surface area contributed by atoms with E-state index in [0.717, 1.165) is 43.1 Å². The minimum atomic E-state index is 0.553. The molecule has 0 amide bonds. The Bertz CT molecular complexity index is 424. The van der Waals surface area contributed by atoms with Crippen LogP contribution in [0.3, 0.4) is 0 Å². The first-order valence-corrected chi connectivity index (χ1v) is 7.37. The summed E-state index contributed by atoms with van der Waals surface area (Å²) in [6.45, 7) is 6.60. The first kappa shape index (κ1) is 15.0. The molecule has 1 heterocycles. The van der Waals surface area contributed by atoms with Gasteiger partial charge in [-0.15, -0.1) is 0 Å². The van der Waals surface area contributed by atoms with Crippen LogP contribution in [0.4, 0.5) is 5.69 Å². The van der Waals surface area contributed by atoms with Crippen LogP contribution in [-0.2, 0) is 0 Å². The topological polar surface area (TPSA) is 33.7 Å². The van der Waals surface area contributed by atoms with Crippen molar-refractivity contribution in [3.8, 4) is 11.5 Å². The summed E-state index contributed by atoms with van der Waals surface area (Å²) >= 11 is 0. The maximum absolute atomic E-state index is 5.53. The van der Waals surface area contributed by atoms with Gasteiger partial charge < -0.3 is 19.7 Å². The third-order valence-corrected chi connectivity index (χ3v) is 3.96. The molecule has 0 spiro atoms. The average molecular weight is 278 g/mol. The molecule has 20 heavy (non-hydrogen) atoms. The van der Waals surface area contributed by atoms with Crippen LogP contribution in [0.25, 0.3) is 0 Å². The van der Waals surface area contributed by atoms with Crippen LogP contribution in [0.1, 0.15) is 26.7 Å². The second kappa shape index (κ2) is 6.84. The molecule has 1 saturated heterocycles. The molecule has 1 N–H and O–H groups in total. The minimum absolute atomic E-state index is 0.553. The highest BCUT2D eigenvalue weighted by molar-refractivity contribution is 5.61. The van der Waals surface area contributed by atoms with Gasteiger partial charge in [-0.2, -0.15) is 0 Å². The third kappa shape index (κ3) is 3.57. The van der Waals surface area contributed by atoms with E-state index in [2.05, 4.69) is 30.1 Å². The number of hydrogen-bond acceptors (Lipinski definition) is 4. The molecular weight excluding hydrogens is 252 g/mol. The summed E-state index contributed by atoms with van der Waals surface area (Å²) in [5, 5.41) is 3.62. The van der Waals surface area contributed by atoms with E-state index in [1.807, 2.05) is 12.1 Å². The highest BCUT2D eigenvalue weighted by Crippen LogP contribution is 2.33. The van der Waals surface area contributed by atoms with Crippen molar-refractivity contribution in [2.75, 3.05) is 32.2 Å². The van der Waals surface area contributed by atoms with Gasteiger partial charge in [0.25, 0.3) is 0 Å². The van der Waals surface area contributed by atoms with Crippen LogP contribution in [0, 0.1) is 0 Å². The van der Waals surface area contributed by atoms with Crippen LogP contribution in [0.2, 0.25) is 0 Å². The van der Waals surface area contributed by atoms with E-state index in [1.165, 1.54) is 0 Å². The molecular formula is C16H26N2O2. The van der Waals surface area contributed by atoms with Gasteiger partial charge >= 0.3 is 0 Å². The predicted octanol–water partition coefficient (Wildman–Crippen LogP) is 2.67. The quantitative estimate of drug-likeness (QED) is 0.921. The van der Waals surface area contributed by atoms with Crippen molar-refractivity contribution in [2.24, 2.45) is 0 Å². The van der Waals surface area contributed by atoms with Crippen molar-refractivity contribution in [1.29, 1.82) is 0 Å². The van der Waals surface area contributed by atoms with Crippen molar-refractivity contribution < 1.29 is 9.47 Å². The fourth-order valence-corrected chi connectivity index (χ4v) is 2.75. The Balaban J connectivity index is 2.20. The first-order valence-electron chi connectivity index (χ1n) is 7.37. The number of nitrogens with zero attached hydrogens (tertiary/aromatic N) is 1. The summed E-state index contributed by atoms with van der Waals surface area (Å²) in [6.07, 6.45) is 2.28. The second-order valence-corrected chi connectivity index (χ2v) is 5.57. The van der Waals surface area contributed by atoms with E-state index in [0.29, 0.717) is 12.1 Å².